The molecule has 3 N–H and O–H groups in total. The molecular weight excluding hydrogens is 639 g/mol. The molecule has 7 rings (SSSR count). The van der Waals surface area contributed by atoms with Gasteiger partial charge in [-0.1, -0.05) is 0 Å². The molecule has 3 aromatic rings. The maximum absolute atomic E-state index is 14.2. The van der Waals surface area contributed by atoms with E-state index in [0.717, 1.165) is 12.8 Å². The summed E-state index contributed by atoms with van der Waals surface area (Å²) in [5.74, 6) is -5.97. The van der Waals surface area contributed by atoms with Gasteiger partial charge in [0.15, 0.2) is 5.82 Å². The van der Waals surface area contributed by atoms with E-state index in [2.05, 4.69) is 25.9 Å². The summed E-state index contributed by atoms with van der Waals surface area (Å²) < 4.78 is 72.3. The number of fused-ring (bicyclic) bond motifs is 1. The van der Waals surface area contributed by atoms with Gasteiger partial charge in [0.25, 0.3) is 11.7 Å². The molecule has 1 spiro atoms. The van der Waals surface area contributed by atoms with Gasteiger partial charge in [-0.15, -0.1) is 0 Å². The topological polar surface area (TPSA) is 134 Å². The van der Waals surface area contributed by atoms with Crippen LogP contribution in [0.4, 0.5) is 27.8 Å². The predicted octanol–water partition coefficient (Wildman–Crippen LogP) is 3.44. The van der Waals surface area contributed by atoms with Gasteiger partial charge >= 0.3 is 6.18 Å². The third kappa shape index (κ3) is 6.57. The van der Waals surface area contributed by atoms with Crippen LogP contribution in [0.3, 0.4) is 0 Å². The highest BCUT2D eigenvalue weighted by atomic mass is 19.4. The van der Waals surface area contributed by atoms with Crippen LogP contribution in [0.2, 0.25) is 0 Å². The fourth-order valence-electron chi connectivity index (χ4n) is 7.40. The van der Waals surface area contributed by atoms with Crippen molar-refractivity contribution in [1.29, 1.82) is 0 Å². The number of aromatic nitrogens is 6. The summed E-state index contributed by atoms with van der Waals surface area (Å²) in [5.41, 5.74) is 1.02. The Morgan fingerprint density at radius 2 is 1.94 bits per heavy atom. The molecule has 5 heterocycles. The van der Waals surface area contributed by atoms with Crippen molar-refractivity contribution >= 4 is 23.4 Å². The van der Waals surface area contributed by atoms with Crippen LogP contribution in [-0.2, 0) is 17.8 Å². The number of piperidine rings is 1. The van der Waals surface area contributed by atoms with Crippen molar-refractivity contribution < 1.29 is 31.5 Å². The Labute approximate surface area is 273 Å². The molecule has 4 aliphatic rings. The van der Waals surface area contributed by atoms with Crippen molar-refractivity contribution in [1.82, 2.24) is 45.3 Å². The van der Waals surface area contributed by atoms with Crippen molar-refractivity contribution in [2.24, 2.45) is 17.8 Å². The standard InChI is InChI=1S/C31H39F5N10O2/c1-2-45-23(5-10-39-45)27(48)41-24(18-3-6-30(32,33)7-4-18)22-16-46-28(40-22)42-25(44-12-11-38-29(17-44)8-9-29)21(43-46)14-19-13-20(31(34,35)36)15-37-26(19)47/h5,10,16,18-20,24,38H,2-4,6-9,11-15,17H2,1H3,(H,37,47)(H,41,48)/t19-,20-,24+/m1/s1. The Hall–Kier alpha value is -3.89. The molecule has 0 unspecified atom stereocenters. The predicted molar refractivity (Wildman–Crippen MR) is 162 cm³/mol. The summed E-state index contributed by atoms with van der Waals surface area (Å²) >= 11 is 0. The number of anilines is 1. The monoisotopic (exact) mass is 678 g/mol. The molecule has 3 aromatic heterocycles. The van der Waals surface area contributed by atoms with E-state index in [-0.39, 0.29) is 55.8 Å². The number of piperazine rings is 1. The van der Waals surface area contributed by atoms with E-state index < -0.39 is 48.3 Å². The number of hydrogen-bond acceptors (Lipinski definition) is 8. The maximum Gasteiger partial charge on any atom is 0.393 e. The zero-order chi connectivity index (χ0) is 33.8. The molecule has 17 heteroatoms. The number of halogens is 5. The van der Waals surface area contributed by atoms with Crippen LogP contribution in [0.1, 0.15) is 79.8 Å². The van der Waals surface area contributed by atoms with E-state index in [1.54, 1.807) is 12.3 Å². The number of imidazole rings is 1. The van der Waals surface area contributed by atoms with E-state index in [9.17, 15) is 31.5 Å². The van der Waals surface area contributed by atoms with Gasteiger partial charge in [0.05, 0.1) is 23.9 Å². The van der Waals surface area contributed by atoms with Crippen molar-refractivity contribution in [2.75, 3.05) is 31.1 Å². The van der Waals surface area contributed by atoms with E-state index in [1.165, 1.54) is 15.4 Å². The van der Waals surface area contributed by atoms with Gasteiger partial charge in [-0.05, 0) is 51.0 Å². The third-order valence-corrected chi connectivity index (χ3v) is 10.4. The molecular formula is C31H39F5N10O2. The summed E-state index contributed by atoms with van der Waals surface area (Å²) in [6, 6.07) is 0.844. The molecule has 2 saturated heterocycles. The second kappa shape index (κ2) is 12.2. The number of amides is 2. The van der Waals surface area contributed by atoms with Crippen LogP contribution in [0, 0.1) is 17.8 Å². The van der Waals surface area contributed by atoms with E-state index in [4.69, 9.17) is 15.1 Å². The fraction of sp³-hybridized carbons (Fsp3) is 0.677. The Morgan fingerprint density at radius 3 is 2.65 bits per heavy atom. The highest BCUT2D eigenvalue weighted by Gasteiger charge is 2.48. The molecule has 260 valence electrons. The second-order valence-electron chi connectivity index (χ2n) is 13.7. The number of alkyl halides is 5. The number of hydrogen-bond donors (Lipinski definition) is 3. The van der Waals surface area contributed by atoms with E-state index in [1.807, 2.05) is 6.92 Å². The Kier molecular flexibility index (Phi) is 8.31. The molecule has 2 amide bonds. The lowest BCUT2D eigenvalue weighted by molar-refractivity contribution is -0.183. The Morgan fingerprint density at radius 1 is 1.17 bits per heavy atom. The molecule has 12 nitrogen and oxygen atoms in total. The number of carbonyl (C=O) groups excluding carboxylic acids is 2. The van der Waals surface area contributed by atoms with Crippen molar-refractivity contribution in [3.05, 3.63) is 35.5 Å². The van der Waals surface area contributed by atoms with Crippen LogP contribution in [0.15, 0.2) is 18.5 Å². The molecule has 2 aliphatic heterocycles. The Bertz CT molecular complexity index is 1680. The quantitative estimate of drug-likeness (QED) is 0.309. The Balaban J connectivity index is 1.25. The summed E-state index contributed by atoms with van der Waals surface area (Å²) in [7, 11) is 0. The van der Waals surface area contributed by atoms with Crippen LogP contribution < -0.4 is 20.9 Å². The largest absolute Gasteiger partial charge is 0.393 e. The SMILES string of the molecule is CCn1nccc1C(=O)N[C@H](c1cn2nc(C[C@H]3C[C@@H](C(F)(F)F)CNC3=O)c(N3CCNC4(CC4)C3)nc2n1)C1CCC(F)(F)CC1. The maximum atomic E-state index is 14.2. The lowest BCUT2D eigenvalue weighted by Crippen LogP contribution is -2.53. The zero-order valence-electron chi connectivity index (χ0n) is 26.6. The minimum atomic E-state index is -4.45. The lowest BCUT2D eigenvalue weighted by Gasteiger charge is -2.36. The molecule has 2 aliphatic carbocycles. The number of nitrogens with zero attached hydrogens (tertiary/aromatic N) is 7. The highest BCUT2D eigenvalue weighted by Crippen LogP contribution is 2.42. The molecule has 0 bridgehead atoms. The van der Waals surface area contributed by atoms with E-state index in [0.29, 0.717) is 49.1 Å². The molecule has 0 radical (unpaired) electrons. The number of rotatable bonds is 8. The summed E-state index contributed by atoms with van der Waals surface area (Å²) in [6.07, 6.45) is -0.0945. The van der Waals surface area contributed by atoms with Gasteiger partial charge in [-0.3, -0.25) is 14.3 Å². The summed E-state index contributed by atoms with van der Waals surface area (Å²) in [5, 5.41) is 17.9. The fourth-order valence-corrected chi connectivity index (χ4v) is 7.40. The normalized spacial score (nSPS) is 24.9. The van der Waals surface area contributed by atoms with Crippen molar-refractivity contribution in [2.45, 2.75) is 88.5 Å². The van der Waals surface area contributed by atoms with Gasteiger partial charge in [0.1, 0.15) is 11.4 Å². The number of aryl methyl sites for hydroxylation is 1. The highest BCUT2D eigenvalue weighted by molar-refractivity contribution is 5.92. The van der Waals surface area contributed by atoms with Crippen LogP contribution in [0.25, 0.3) is 5.78 Å². The minimum Gasteiger partial charge on any atom is -0.355 e. The van der Waals surface area contributed by atoms with Gasteiger partial charge < -0.3 is 20.9 Å². The summed E-state index contributed by atoms with van der Waals surface area (Å²) in [4.78, 5) is 38.0. The molecule has 4 fully saturated rings. The molecule has 48 heavy (non-hydrogen) atoms. The van der Waals surface area contributed by atoms with Crippen LogP contribution in [0.5, 0.6) is 0 Å². The molecule has 2 saturated carbocycles. The third-order valence-electron chi connectivity index (χ3n) is 10.4. The van der Waals surface area contributed by atoms with Crippen molar-refractivity contribution in [3.8, 4) is 0 Å². The average Bonchev–Trinajstić information content (AvgIpc) is 3.42. The van der Waals surface area contributed by atoms with Gasteiger partial charge in [0, 0.05) is 69.6 Å². The van der Waals surface area contributed by atoms with Crippen LogP contribution in [-0.4, -0.2) is 85.0 Å². The first-order chi connectivity index (χ1) is 22.8. The van der Waals surface area contributed by atoms with Gasteiger partial charge in [-0.25, -0.2) is 18.3 Å². The first-order valence-corrected chi connectivity index (χ1v) is 16.6. The summed E-state index contributed by atoms with van der Waals surface area (Å²) in [6.45, 7) is 3.74. The smallest absolute Gasteiger partial charge is 0.355 e. The van der Waals surface area contributed by atoms with Crippen molar-refractivity contribution in [3.63, 3.8) is 0 Å². The average molecular weight is 679 g/mol. The van der Waals surface area contributed by atoms with Gasteiger partial charge in [-0.2, -0.15) is 28.4 Å². The molecule has 0 aromatic carbocycles. The number of nitrogens with one attached hydrogen (secondary N) is 3. The zero-order valence-corrected chi connectivity index (χ0v) is 26.6. The minimum absolute atomic E-state index is 0.0555. The lowest BCUT2D eigenvalue weighted by atomic mass is 9.81. The number of carbonyl (C=O) groups is 2. The molecule has 3 atom stereocenters. The first kappa shape index (κ1) is 32.6. The second-order valence-corrected chi connectivity index (χ2v) is 13.7. The van der Waals surface area contributed by atoms with Gasteiger partial charge in [0.2, 0.25) is 11.8 Å². The van der Waals surface area contributed by atoms with E-state index >= 15 is 0 Å². The first-order valence-electron chi connectivity index (χ1n) is 16.6. The van der Waals surface area contributed by atoms with Crippen LogP contribution >= 0.6 is 0 Å².